The van der Waals surface area contributed by atoms with Crippen molar-refractivity contribution in [1.29, 1.82) is 0 Å². The lowest BCUT2D eigenvalue weighted by atomic mass is 10.1. The van der Waals surface area contributed by atoms with Crippen molar-refractivity contribution in [1.82, 2.24) is 4.90 Å². The maximum absolute atomic E-state index is 5.31. The van der Waals surface area contributed by atoms with E-state index in [4.69, 9.17) is 14.5 Å². The molecule has 3 rings (SSSR count). The lowest BCUT2D eigenvalue weighted by Crippen LogP contribution is -2.27. The van der Waals surface area contributed by atoms with Crippen molar-refractivity contribution in [2.24, 2.45) is 4.99 Å². The zero-order valence-electron chi connectivity index (χ0n) is 19.3. The van der Waals surface area contributed by atoms with Crippen molar-refractivity contribution in [2.45, 2.75) is 26.9 Å². The van der Waals surface area contributed by atoms with E-state index in [1.54, 1.807) is 26.0 Å². The Morgan fingerprint density at radius 3 is 1.59 bits per heavy atom. The van der Waals surface area contributed by atoms with Gasteiger partial charge in [0.05, 0.1) is 19.9 Å². The third kappa shape index (κ3) is 7.45. The number of ether oxygens (including phenoxy) is 2. The quantitative estimate of drug-likeness (QED) is 0.177. The largest absolute Gasteiger partial charge is 0.497 e. The maximum Gasteiger partial charge on any atom is 0.164 e. The highest BCUT2D eigenvalue weighted by Crippen LogP contribution is 2.24. The van der Waals surface area contributed by atoms with Crippen molar-refractivity contribution >= 4 is 46.6 Å². The Hall–Kier alpha value is -2.19. The number of benzene rings is 3. The van der Waals surface area contributed by atoms with Crippen LogP contribution < -0.4 is 9.47 Å². The van der Waals surface area contributed by atoms with Gasteiger partial charge in [0.2, 0.25) is 0 Å². The van der Waals surface area contributed by atoms with Crippen LogP contribution in [0.4, 0.5) is 5.69 Å². The first-order valence-corrected chi connectivity index (χ1v) is 11.4. The van der Waals surface area contributed by atoms with Crippen LogP contribution in [0, 0.1) is 13.8 Å². The minimum Gasteiger partial charge on any atom is -0.497 e. The molecule has 0 N–H and O–H groups in total. The van der Waals surface area contributed by atoms with Gasteiger partial charge in [-0.1, -0.05) is 42.1 Å². The van der Waals surface area contributed by atoms with Crippen molar-refractivity contribution in [2.75, 3.05) is 20.5 Å². The molecule has 0 heterocycles. The molecule has 0 aliphatic rings. The van der Waals surface area contributed by atoms with Crippen LogP contribution in [0.3, 0.4) is 0 Å². The maximum atomic E-state index is 5.31. The van der Waals surface area contributed by atoms with Gasteiger partial charge < -0.3 is 14.4 Å². The van der Waals surface area contributed by atoms with Gasteiger partial charge >= 0.3 is 0 Å². The SMILES string of the molecule is COc1ccc(CN(Cc2ccc(OC)cc2)C(=Nc2cc(C)cc(C)c2)SC)cc1.I. The van der Waals surface area contributed by atoms with Crippen LogP contribution in [0.25, 0.3) is 0 Å². The van der Waals surface area contributed by atoms with E-state index in [1.165, 1.54) is 22.3 Å². The molecule has 170 valence electrons. The number of aryl methyl sites for hydroxylation is 2. The second kappa shape index (κ2) is 12.7. The van der Waals surface area contributed by atoms with E-state index in [0.717, 1.165) is 35.4 Å². The van der Waals surface area contributed by atoms with E-state index in [1.807, 2.05) is 24.3 Å². The van der Waals surface area contributed by atoms with Crippen molar-refractivity contribution in [3.63, 3.8) is 0 Å². The van der Waals surface area contributed by atoms with Crippen molar-refractivity contribution < 1.29 is 9.47 Å². The predicted octanol–water partition coefficient (Wildman–Crippen LogP) is 6.99. The molecule has 0 atom stereocenters. The smallest absolute Gasteiger partial charge is 0.164 e. The number of hydrogen-bond acceptors (Lipinski definition) is 4. The zero-order chi connectivity index (χ0) is 22.2. The monoisotopic (exact) mass is 562 g/mol. The van der Waals surface area contributed by atoms with Gasteiger partial charge in [-0.3, -0.25) is 0 Å². The summed E-state index contributed by atoms with van der Waals surface area (Å²) in [5, 5.41) is 0.983. The zero-order valence-corrected chi connectivity index (χ0v) is 22.4. The molecule has 0 saturated carbocycles. The molecule has 3 aromatic rings. The Bertz CT molecular complexity index is 951. The van der Waals surface area contributed by atoms with Gasteiger partial charge in [-0.25, -0.2) is 4.99 Å². The van der Waals surface area contributed by atoms with Crippen LogP contribution in [0.15, 0.2) is 71.7 Å². The number of halogens is 1. The molecule has 0 aliphatic carbocycles. The highest BCUT2D eigenvalue weighted by molar-refractivity contribution is 14.0. The minimum absolute atomic E-state index is 0. The summed E-state index contributed by atoms with van der Waals surface area (Å²) in [7, 11) is 3.38. The molecule has 32 heavy (non-hydrogen) atoms. The van der Waals surface area contributed by atoms with Gasteiger partial charge in [-0.2, -0.15) is 0 Å². The summed E-state index contributed by atoms with van der Waals surface area (Å²) in [5.74, 6) is 1.72. The van der Waals surface area contributed by atoms with Gasteiger partial charge in [0.15, 0.2) is 5.17 Å². The molecule has 0 bridgehead atoms. The molecule has 6 heteroatoms. The van der Waals surface area contributed by atoms with Crippen LogP contribution in [0.2, 0.25) is 0 Å². The molecular formula is C26H31IN2O2S. The Morgan fingerprint density at radius 2 is 1.22 bits per heavy atom. The van der Waals surface area contributed by atoms with Crippen LogP contribution in [0.5, 0.6) is 11.5 Å². The van der Waals surface area contributed by atoms with Crippen LogP contribution >= 0.6 is 35.7 Å². The highest BCUT2D eigenvalue weighted by Gasteiger charge is 2.13. The molecule has 3 aromatic carbocycles. The molecule has 0 saturated heterocycles. The molecule has 0 amide bonds. The van der Waals surface area contributed by atoms with Crippen molar-refractivity contribution in [3.8, 4) is 11.5 Å². The third-order valence-corrected chi connectivity index (χ3v) is 5.66. The fourth-order valence-electron chi connectivity index (χ4n) is 3.46. The first-order valence-electron chi connectivity index (χ1n) is 10.2. The topological polar surface area (TPSA) is 34.1 Å². The summed E-state index contributed by atoms with van der Waals surface area (Å²) in [4.78, 5) is 7.33. The fraction of sp³-hybridized carbons (Fsp3) is 0.269. The highest BCUT2D eigenvalue weighted by atomic mass is 127. The predicted molar refractivity (Wildman–Crippen MR) is 147 cm³/mol. The average molecular weight is 563 g/mol. The summed E-state index contributed by atoms with van der Waals surface area (Å²) >= 11 is 1.66. The molecule has 0 aromatic heterocycles. The lowest BCUT2D eigenvalue weighted by Gasteiger charge is -2.26. The minimum atomic E-state index is 0. The normalized spacial score (nSPS) is 11.0. The second-order valence-electron chi connectivity index (χ2n) is 7.50. The fourth-order valence-corrected chi connectivity index (χ4v) is 4.05. The number of hydrogen-bond donors (Lipinski definition) is 0. The van der Waals surface area contributed by atoms with E-state index >= 15 is 0 Å². The Balaban J connectivity index is 0.00000363. The number of methoxy groups -OCH3 is 2. The summed E-state index contributed by atoms with van der Waals surface area (Å²) in [6.07, 6.45) is 2.08. The molecule has 0 fully saturated rings. The second-order valence-corrected chi connectivity index (χ2v) is 8.27. The van der Waals surface area contributed by atoms with Gasteiger partial charge in [-0.05, 0) is 78.8 Å². The van der Waals surface area contributed by atoms with E-state index in [0.29, 0.717) is 0 Å². The number of nitrogens with zero attached hydrogens (tertiary/aromatic N) is 2. The number of amidine groups is 1. The lowest BCUT2D eigenvalue weighted by molar-refractivity contribution is 0.405. The van der Waals surface area contributed by atoms with E-state index in [2.05, 4.69) is 67.5 Å². The number of rotatable bonds is 7. The molecule has 0 unspecified atom stereocenters. The Kier molecular flexibility index (Phi) is 10.4. The number of aliphatic imine (C=N–C) groups is 1. The van der Waals surface area contributed by atoms with Crippen molar-refractivity contribution in [3.05, 3.63) is 89.0 Å². The van der Waals surface area contributed by atoms with Gasteiger partial charge in [0.1, 0.15) is 11.5 Å². The molecule has 0 radical (unpaired) electrons. The van der Waals surface area contributed by atoms with Gasteiger partial charge in [0.25, 0.3) is 0 Å². The van der Waals surface area contributed by atoms with Crippen LogP contribution in [-0.4, -0.2) is 30.5 Å². The van der Waals surface area contributed by atoms with Gasteiger partial charge in [-0.15, -0.1) is 24.0 Å². The molecule has 0 spiro atoms. The third-order valence-electron chi connectivity index (χ3n) is 4.95. The summed E-state index contributed by atoms with van der Waals surface area (Å²) < 4.78 is 10.6. The first-order chi connectivity index (χ1) is 15.0. The van der Waals surface area contributed by atoms with Crippen LogP contribution in [0.1, 0.15) is 22.3 Å². The summed E-state index contributed by atoms with van der Waals surface area (Å²) in [6.45, 7) is 5.72. The van der Waals surface area contributed by atoms with E-state index < -0.39 is 0 Å². The number of thioether (sulfide) groups is 1. The van der Waals surface area contributed by atoms with Crippen LogP contribution in [-0.2, 0) is 13.1 Å². The molecule has 4 nitrogen and oxygen atoms in total. The Morgan fingerprint density at radius 1 is 0.781 bits per heavy atom. The molecule has 0 aliphatic heterocycles. The first kappa shape index (κ1) is 26.1. The van der Waals surface area contributed by atoms with E-state index in [9.17, 15) is 0 Å². The standard InChI is InChI=1S/C26H30N2O2S.HI/c1-19-14-20(2)16-23(15-19)27-26(31-5)28(17-21-6-10-24(29-3)11-7-21)18-22-8-12-25(30-4)13-9-22;/h6-16H,17-18H2,1-5H3;1H. The van der Waals surface area contributed by atoms with Gasteiger partial charge in [0, 0.05) is 13.1 Å². The molecular weight excluding hydrogens is 531 g/mol. The summed E-state index contributed by atoms with van der Waals surface area (Å²) in [6, 6.07) is 22.9. The summed E-state index contributed by atoms with van der Waals surface area (Å²) in [5.41, 5.74) is 5.83. The van der Waals surface area contributed by atoms with E-state index in [-0.39, 0.29) is 24.0 Å². The Labute approximate surface area is 213 Å². The average Bonchev–Trinajstić information content (AvgIpc) is 2.77.